The number of halogens is 8. The third-order valence-electron chi connectivity index (χ3n) is 4.06. The van der Waals surface area contributed by atoms with Crippen molar-refractivity contribution >= 4 is 35.0 Å². The third-order valence-corrected chi connectivity index (χ3v) is 4.72. The van der Waals surface area contributed by atoms with Gasteiger partial charge in [-0.25, -0.2) is 4.98 Å². The summed E-state index contributed by atoms with van der Waals surface area (Å²) in [7, 11) is 0. The molecule has 12 heteroatoms. The van der Waals surface area contributed by atoms with Gasteiger partial charge in [-0.15, -0.1) is 0 Å². The maximum atomic E-state index is 13.3. The lowest BCUT2D eigenvalue weighted by atomic mass is 9.97. The molecule has 3 rings (SSSR count). The Kier molecular flexibility index (Phi) is 5.50. The van der Waals surface area contributed by atoms with Gasteiger partial charge in [-0.2, -0.15) is 31.3 Å². The quantitative estimate of drug-likeness (QED) is 0.433. The first-order chi connectivity index (χ1) is 13.8. The van der Waals surface area contributed by atoms with Gasteiger partial charge in [0.15, 0.2) is 0 Å². The van der Waals surface area contributed by atoms with E-state index in [2.05, 4.69) is 9.97 Å². The molecule has 0 fully saturated rings. The number of nitrogen functional groups attached to an aromatic ring is 2. The van der Waals surface area contributed by atoms with Crippen molar-refractivity contribution in [3.8, 4) is 22.4 Å². The first-order valence-corrected chi connectivity index (χ1v) is 8.72. The molecule has 4 N–H and O–H groups in total. The summed E-state index contributed by atoms with van der Waals surface area (Å²) in [5.74, 6) is -0.698. The zero-order chi connectivity index (χ0) is 22.4. The summed E-state index contributed by atoms with van der Waals surface area (Å²) in [5, 5.41) is -1.12. The number of nitrogens with zero attached hydrogens (tertiary/aromatic N) is 2. The van der Waals surface area contributed by atoms with Crippen LogP contribution in [-0.4, -0.2) is 9.97 Å². The van der Waals surface area contributed by atoms with E-state index in [9.17, 15) is 26.3 Å². The fourth-order valence-corrected chi connectivity index (χ4v) is 3.23. The second kappa shape index (κ2) is 7.51. The van der Waals surface area contributed by atoms with Crippen molar-refractivity contribution in [2.75, 3.05) is 11.5 Å². The van der Waals surface area contributed by atoms with E-state index in [1.54, 1.807) is 0 Å². The summed E-state index contributed by atoms with van der Waals surface area (Å²) in [5.41, 5.74) is 8.54. The number of anilines is 2. The minimum Gasteiger partial charge on any atom is -0.383 e. The number of hydrogen-bond acceptors (Lipinski definition) is 4. The van der Waals surface area contributed by atoms with Crippen LogP contribution in [0.4, 0.5) is 38.1 Å². The van der Waals surface area contributed by atoms with Gasteiger partial charge in [-0.3, -0.25) is 0 Å². The van der Waals surface area contributed by atoms with Gasteiger partial charge in [0.1, 0.15) is 5.82 Å². The Hall–Kier alpha value is -2.72. The lowest BCUT2D eigenvalue weighted by Crippen LogP contribution is -2.09. The number of aromatic nitrogens is 2. The normalized spacial score (nSPS) is 12.3. The molecule has 0 saturated heterocycles. The van der Waals surface area contributed by atoms with E-state index in [1.165, 1.54) is 12.1 Å². The first kappa shape index (κ1) is 22.0. The third kappa shape index (κ3) is 4.24. The van der Waals surface area contributed by atoms with Crippen molar-refractivity contribution < 1.29 is 26.3 Å². The fraction of sp³-hybridized carbons (Fsp3) is 0.111. The summed E-state index contributed by atoms with van der Waals surface area (Å²) < 4.78 is 79.5. The first-order valence-electron chi connectivity index (χ1n) is 7.96. The van der Waals surface area contributed by atoms with Gasteiger partial charge in [-0.1, -0.05) is 35.3 Å². The standard InChI is InChI=1S/C18H10Cl2F6N4/c19-11-3-1-7(5-9(11)17(21,22)23)13-14(29-16(28)30-15(13)27)8-2-4-12(20)10(6-8)18(24,25)26/h1-6H,(H4,27,28,29,30). The highest BCUT2D eigenvalue weighted by Gasteiger charge is 2.35. The van der Waals surface area contributed by atoms with E-state index < -0.39 is 33.5 Å². The van der Waals surface area contributed by atoms with Gasteiger partial charge in [-0.05, 0) is 29.8 Å². The molecule has 0 aliphatic heterocycles. The number of rotatable bonds is 2. The minimum atomic E-state index is -4.78. The van der Waals surface area contributed by atoms with Crippen LogP contribution in [0.15, 0.2) is 36.4 Å². The van der Waals surface area contributed by atoms with Crippen molar-refractivity contribution in [3.63, 3.8) is 0 Å². The lowest BCUT2D eigenvalue weighted by Gasteiger charge is -2.16. The Morgan fingerprint density at radius 1 is 0.700 bits per heavy atom. The van der Waals surface area contributed by atoms with Crippen LogP contribution >= 0.6 is 23.2 Å². The predicted molar refractivity (Wildman–Crippen MR) is 102 cm³/mol. The Morgan fingerprint density at radius 3 is 1.67 bits per heavy atom. The van der Waals surface area contributed by atoms with Gasteiger partial charge in [0.05, 0.1) is 32.4 Å². The van der Waals surface area contributed by atoms with Crippen LogP contribution in [0.1, 0.15) is 11.1 Å². The van der Waals surface area contributed by atoms with Crippen LogP contribution in [0.25, 0.3) is 22.4 Å². The summed E-state index contributed by atoms with van der Waals surface area (Å²) in [6.07, 6.45) is -9.55. The molecule has 2 aromatic carbocycles. The van der Waals surface area contributed by atoms with Gasteiger partial charge >= 0.3 is 12.4 Å². The monoisotopic (exact) mass is 466 g/mol. The van der Waals surface area contributed by atoms with Crippen LogP contribution in [0.3, 0.4) is 0 Å². The van der Waals surface area contributed by atoms with E-state index in [-0.39, 0.29) is 34.2 Å². The molecule has 1 heterocycles. The molecule has 3 aromatic rings. The molecule has 30 heavy (non-hydrogen) atoms. The van der Waals surface area contributed by atoms with Gasteiger partial charge < -0.3 is 11.5 Å². The molecule has 0 atom stereocenters. The number of benzene rings is 2. The number of nitrogens with two attached hydrogens (primary N) is 2. The zero-order valence-electron chi connectivity index (χ0n) is 14.5. The molecule has 158 valence electrons. The Labute approximate surface area is 175 Å². The molecule has 0 spiro atoms. The van der Waals surface area contributed by atoms with Crippen molar-refractivity contribution in [2.45, 2.75) is 12.4 Å². The second-order valence-electron chi connectivity index (χ2n) is 6.08. The molecular weight excluding hydrogens is 457 g/mol. The maximum absolute atomic E-state index is 13.3. The smallest absolute Gasteiger partial charge is 0.383 e. The highest BCUT2D eigenvalue weighted by molar-refractivity contribution is 6.32. The van der Waals surface area contributed by atoms with Crippen molar-refractivity contribution in [1.29, 1.82) is 0 Å². The number of alkyl halides is 6. The molecule has 4 nitrogen and oxygen atoms in total. The van der Waals surface area contributed by atoms with Gasteiger partial charge in [0.25, 0.3) is 0 Å². The minimum absolute atomic E-state index is 0.109. The summed E-state index contributed by atoms with van der Waals surface area (Å²) >= 11 is 11.3. The molecule has 0 saturated carbocycles. The van der Waals surface area contributed by atoms with E-state index in [0.29, 0.717) is 12.1 Å². The van der Waals surface area contributed by atoms with Crippen molar-refractivity contribution in [3.05, 3.63) is 57.6 Å². The molecule has 0 radical (unpaired) electrons. The average Bonchev–Trinajstić information content (AvgIpc) is 2.60. The number of hydrogen-bond donors (Lipinski definition) is 2. The average molecular weight is 467 g/mol. The Morgan fingerprint density at radius 2 is 1.17 bits per heavy atom. The van der Waals surface area contributed by atoms with Crippen LogP contribution in [0.2, 0.25) is 10.0 Å². The molecular formula is C18H10Cl2F6N4. The topological polar surface area (TPSA) is 77.8 Å². The summed E-state index contributed by atoms with van der Waals surface area (Å²) in [6.45, 7) is 0. The Bertz CT molecular complexity index is 1130. The van der Waals surface area contributed by atoms with Gasteiger partial charge in [0.2, 0.25) is 5.95 Å². The van der Waals surface area contributed by atoms with Crippen LogP contribution < -0.4 is 11.5 Å². The highest BCUT2D eigenvalue weighted by Crippen LogP contribution is 2.42. The lowest BCUT2D eigenvalue weighted by molar-refractivity contribution is -0.138. The SMILES string of the molecule is Nc1nc(N)c(-c2ccc(Cl)c(C(F)(F)F)c2)c(-c2ccc(Cl)c(C(F)(F)F)c2)n1. The molecule has 0 bridgehead atoms. The molecule has 0 aliphatic rings. The molecule has 0 amide bonds. The van der Waals surface area contributed by atoms with E-state index in [4.69, 9.17) is 34.7 Å². The largest absolute Gasteiger partial charge is 0.417 e. The molecule has 0 unspecified atom stereocenters. The summed E-state index contributed by atoms with van der Waals surface area (Å²) in [6, 6.07) is 5.81. The molecule has 0 aliphatic carbocycles. The second-order valence-corrected chi connectivity index (χ2v) is 6.89. The fourth-order valence-electron chi connectivity index (χ4n) is 2.78. The highest BCUT2D eigenvalue weighted by atomic mass is 35.5. The predicted octanol–water partition coefficient (Wildman–Crippen LogP) is 6.32. The van der Waals surface area contributed by atoms with E-state index in [1.807, 2.05) is 0 Å². The van der Waals surface area contributed by atoms with Crippen LogP contribution in [0, 0.1) is 0 Å². The van der Waals surface area contributed by atoms with E-state index >= 15 is 0 Å². The van der Waals surface area contributed by atoms with Gasteiger partial charge in [0, 0.05) is 5.56 Å². The van der Waals surface area contributed by atoms with Crippen molar-refractivity contribution in [2.24, 2.45) is 0 Å². The zero-order valence-corrected chi connectivity index (χ0v) is 16.0. The van der Waals surface area contributed by atoms with Crippen LogP contribution in [0.5, 0.6) is 0 Å². The molecule has 1 aromatic heterocycles. The Balaban J connectivity index is 2.31. The summed E-state index contributed by atoms with van der Waals surface area (Å²) in [4.78, 5) is 7.63. The van der Waals surface area contributed by atoms with E-state index in [0.717, 1.165) is 12.1 Å². The van der Waals surface area contributed by atoms with Crippen molar-refractivity contribution in [1.82, 2.24) is 9.97 Å². The maximum Gasteiger partial charge on any atom is 0.417 e. The van der Waals surface area contributed by atoms with Crippen LogP contribution in [-0.2, 0) is 12.4 Å².